The number of rotatable bonds is 6. The van der Waals surface area contributed by atoms with Crippen LogP contribution in [-0.4, -0.2) is 51.5 Å². The molecule has 2 aromatic rings. The minimum Gasteiger partial charge on any atom is -0.484 e. The molecule has 138 valence electrons. The van der Waals surface area contributed by atoms with Crippen molar-refractivity contribution in [1.29, 1.82) is 0 Å². The first-order valence-electron chi connectivity index (χ1n) is 8.21. The van der Waals surface area contributed by atoms with Crippen LogP contribution >= 0.6 is 0 Å². The van der Waals surface area contributed by atoms with Crippen LogP contribution < -0.4 is 10.1 Å². The summed E-state index contributed by atoms with van der Waals surface area (Å²) in [4.78, 5) is 12.1. The van der Waals surface area contributed by atoms with Gasteiger partial charge in [0, 0.05) is 18.8 Å². The number of ether oxygens (including phenoxy) is 2. The van der Waals surface area contributed by atoms with Crippen molar-refractivity contribution in [3.8, 4) is 5.75 Å². The van der Waals surface area contributed by atoms with E-state index in [9.17, 15) is 13.2 Å². The molecule has 0 aromatic heterocycles. The Morgan fingerprint density at radius 3 is 2.35 bits per heavy atom. The van der Waals surface area contributed by atoms with Gasteiger partial charge in [-0.3, -0.25) is 4.79 Å². The fraction of sp³-hybridized carbons (Fsp3) is 0.278. The van der Waals surface area contributed by atoms with E-state index in [4.69, 9.17) is 9.47 Å². The second kappa shape index (κ2) is 8.31. The summed E-state index contributed by atoms with van der Waals surface area (Å²) in [7, 11) is -3.53. The number of para-hydroxylation sites is 1. The second-order valence-electron chi connectivity index (χ2n) is 5.69. The number of hydrogen-bond donors (Lipinski definition) is 1. The minimum atomic E-state index is -3.53. The molecular formula is C18H20N2O5S. The van der Waals surface area contributed by atoms with Crippen molar-refractivity contribution < 1.29 is 22.7 Å². The largest absolute Gasteiger partial charge is 0.484 e. The first kappa shape index (κ1) is 18.4. The van der Waals surface area contributed by atoms with Crippen LogP contribution in [0.2, 0.25) is 0 Å². The van der Waals surface area contributed by atoms with Gasteiger partial charge in [0.1, 0.15) is 5.75 Å². The summed E-state index contributed by atoms with van der Waals surface area (Å²) < 4.78 is 37.1. The number of nitrogens with zero attached hydrogens (tertiary/aromatic N) is 1. The minimum absolute atomic E-state index is 0.162. The predicted molar refractivity (Wildman–Crippen MR) is 96.6 cm³/mol. The number of nitrogens with one attached hydrogen (secondary N) is 1. The summed E-state index contributed by atoms with van der Waals surface area (Å²) in [5.41, 5.74) is 0.688. The Hall–Kier alpha value is -2.42. The molecule has 2 aromatic carbocycles. The molecule has 0 atom stereocenters. The zero-order valence-corrected chi connectivity index (χ0v) is 14.9. The maximum absolute atomic E-state index is 12.5. The number of benzene rings is 2. The van der Waals surface area contributed by atoms with Gasteiger partial charge in [-0.15, -0.1) is 0 Å². The van der Waals surface area contributed by atoms with E-state index in [0.29, 0.717) is 37.7 Å². The molecule has 1 heterocycles. The van der Waals surface area contributed by atoms with Gasteiger partial charge in [0.15, 0.2) is 6.61 Å². The molecule has 1 aliphatic rings. The molecule has 0 radical (unpaired) electrons. The fourth-order valence-electron chi connectivity index (χ4n) is 2.51. The third-order valence-electron chi connectivity index (χ3n) is 3.86. The van der Waals surface area contributed by atoms with E-state index >= 15 is 0 Å². The van der Waals surface area contributed by atoms with Gasteiger partial charge in [0.2, 0.25) is 10.0 Å². The molecule has 8 heteroatoms. The zero-order valence-electron chi connectivity index (χ0n) is 14.1. The number of morpholine rings is 1. The van der Waals surface area contributed by atoms with E-state index in [1.54, 1.807) is 24.3 Å². The summed E-state index contributed by atoms with van der Waals surface area (Å²) in [5, 5.41) is 2.71. The van der Waals surface area contributed by atoms with Gasteiger partial charge in [0.25, 0.3) is 5.91 Å². The highest BCUT2D eigenvalue weighted by molar-refractivity contribution is 7.89. The van der Waals surface area contributed by atoms with Crippen LogP contribution in [0, 0.1) is 0 Å². The molecule has 1 saturated heterocycles. The first-order valence-corrected chi connectivity index (χ1v) is 9.65. The van der Waals surface area contributed by atoms with Crippen molar-refractivity contribution in [2.75, 3.05) is 38.2 Å². The van der Waals surface area contributed by atoms with E-state index in [0.717, 1.165) is 0 Å². The number of hydrogen-bond acceptors (Lipinski definition) is 5. The summed E-state index contributed by atoms with van der Waals surface area (Å²) in [6.07, 6.45) is 0. The molecule has 0 bridgehead atoms. The molecule has 0 unspecified atom stereocenters. The SMILES string of the molecule is O=C(COc1ccc(S(=O)(=O)N2CCOCC2)cc1)Nc1ccccc1. The molecule has 1 fully saturated rings. The van der Waals surface area contributed by atoms with E-state index in [-0.39, 0.29) is 17.4 Å². The Morgan fingerprint density at radius 1 is 1.04 bits per heavy atom. The summed E-state index contributed by atoms with van der Waals surface area (Å²) in [5.74, 6) is 0.135. The Kier molecular flexibility index (Phi) is 5.87. The Balaban J connectivity index is 1.56. The number of anilines is 1. The number of carbonyl (C=O) groups excluding carboxylic acids is 1. The van der Waals surface area contributed by atoms with Crippen LogP contribution in [0.1, 0.15) is 0 Å². The van der Waals surface area contributed by atoms with Crippen LogP contribution in [-0.2, 0) is 19.6 Å². The molecule has 1 aliphatic heterocycles. The topological polar surface area (TPSA) is 84.9 Å². The molecule has 0 saturated carbocycles. The lowest BCUT2D eigenvalue weighted by Gasteiger charge is -2.26. The van der Waals surface area contributed by atoms with Gasteiger partial charge in [-0.1, -0.05) is 18.2 Å². The van der Waals surface area contributed by atoms with E-state index < -0.39 is 10.0 Å². The Morgan fingerprint density at radius 2 is 1.69 bits per heavy atom. The second-order valence-corrected chi connectivity index (χ2v) is 7.63. The van der Waals surface area contributed by atoms with Crippen molar-refractivity contribution in [3.63, 3.8) is 0 Å². The summed E-state index contributed by atoms with van der Waals surface area (Å²) in [6, 6.07) is 15.1. The Labute approximate surface area is 152 Å². The quantitative estimate of drug-likeness (QED) is 0.830. The zero-order chi connectivity index (χ0) is 18.4. The maximum atomic E-state index is 12.5. The summed E-state index contributed by atoms with van der Waals surface area (Å²) >= 11 is 0. The van der Waals surface area contributed by atoms with Crippen molar-refractivity contribution in [2.45, 2.75) is 4.90 Å². The van der Waals surface area contributed by atoms with Crippen molar-refractivity contribution in [3.05, 3.63) is 54.6 Å². The fourth-order valence-corrected chi connectivity index (χ4v) is 3.92. The van der Waals surface area contributed by atoms with Gasteiger partial charge in [-0.05, 0) is 36.4 Å². The van der Waals surface area contributed by atoms with Crippen molar-refractivity contribution in [1.82, 2.24) is 4.31 Å². The molecular weight excluding hydrogens is 356 g/mol. The van der Waals surface area contributed by atoms with Crippen LogP contribution in [0.3, 0.4) is 0 Å². The maximum Gasteiger partial charge on any atom is 0.262 e. The highest BCUT2D eigenvalue weighted by atomic mass is 32.2. The normalized spacial score (nSPS) is 15.4. The van der Waals surface area contributed by atoms with E-state index in [1.165, 1.54) is 16.4 Å². The lowest BCUT2D eigenvalue weighted by atomic mass is 10.3. The standard InChI is InChI=1S/C18H20N2O5S/c21-18(19-15-4-2-1-3-5-15)14-25-16-6-8-17(9-7-16)26(22,23)20-10-12-24-13-11-20/h1-9H,10-14H2,(H,19,21). The average Bonchev–Trinajstić information content (AvgIpc) is 2.68. The average molecular weight is 376 g/mol. The molecule has 3 rings (SSSR count). The highest BCUT2D eigenvalue weighted by Crippen LogP contribution is 2.20. The van der Waals surface area contributed by atoms with Crippen molar-refractivity contribution >= 4 is 21.6 Å². The predicted octanol–water partition coefficient (Wildman–Crippen LogP) is 1.72. The van der Waals surface area contributed by atoms with Crippen LogP contribution in [0.5, 0.6) is 5.75 Å². The molecule has 1 amide bonds. The van der Waals surface area contributed by atoms with Crippen LogP contribution in [0.4, 0.5) is 5.69 Å². The third-order valence-corrected chi connectivity index (χ3v) is 5.77. The van der Waals surface area contributed by atoms with Gasteiger partial charge < -0.3 is 14.8 Å². The Bertz CT molecular complexity index is 832. The smallest absolute Gasteiger partial charge is 0.262 e. The lowest BCUT2D eigenvalue weighted by Crippen LogP contribution is -2.40. The number of amides is 1. The molecule has 7 nitrogen and oxygen atoms in total. The van der Waals surface area contributed by atoms with Gasteiger partial charge in [-0.2, -0.15) is 4.31 Å². The number of carbonyl (C=O) groups is 1. The molecule has 0 aliphatic carbocycles. The molecule has 26 heavy (non-hydrogen) atoms. The molecule has 0 spiro atoms. The third kappa shape index (κ3) is 4.60. The van der Waals surface area contributed by atoms with Crippen LogP contribution in [0.15, 0.2) is 59.5 Å². The van der Waals surface area contributed by atoms with Gasteiger partial charge in [-0.25, -0.2) is 8.42 Å². The van der Waals surface area contributed by atoms with Crippen LogP contribution in [0.25, 0.3) is 0 Å². The van der Waals surface area contributed by atoms with Gasteiger partial charge >= 0.3 is 0 Å². The van der Waals surface area contributed by atoms with Gasteiger partial charge in [0.05, 0.1) is 18.1 Å². The summed E-state index contributed by atoms with van der Waals surface area (Å²) in [6.45, 7) is 1.33. The highest BCUT2D eigenvalue weighted by Gasteiger charge is 2.26. The molecule has 1 N–H and O–H groups in total. The van der Waals surface area contributed by atoms with E-state index in [1.807, 2.05) is 18.2 Å². The first-order chi connectivity index (χ1) is 12.6. The van der Waals surface area contributed by atoms with Crippen molar-refractivity contribution in [2.24, 2.45) is 0 Å². The monoisotopic (exact) mass is 376 g/mol. The lowest BCUT2D eigenvalue weighted by molar-refractivity contribution is -0.118. The number of sulfonamides is 1. The van der Waals surface area contributed by atoms with E-state index in [2.05, 4.69) is 5.32 Å².